The molecule has 4 rings (SSSR count). The number of nitro benzene ring substituents is 1. The molecule has 164 valence electrons. The number of esters is 1. The summed E-state index contributed by atoms with van der Waals surface area (Å²) in [4.78, 5) is 50.1. The number of benzene rings is 2. The minimum absolute atomic E-state index is 0.0856. The van der Waals surface area contributed by atoms with Crippen LogP contribution in [-0.4, -0.2) is 34.3 Å². The fraction of sp³-hybridized carbons (Fsp3) is 0.227. The van der Waals surface area contributed by atoms with E-state index in [1.807, 2.05) is 0 Å². The summed E-state index contributed by atoms with van der Waals surface area (Å²) in [6, 6.07) is 11.7. The number of imide groups is 1. The molecule has 32 heavy (non-hydrogen) atoms. The van der Waals surface area contributed by atoms with Gasteiger partial charge in [-0.15, -0.1) is 0 Å². The second-order valence-corrected chi connectivity index (χ2v) is 7.38. The second-order valence-electron chi connectivity index (χ2n) is 7.38. The summed E-state index contributed by atoms with van der Waals surface area (Å²) in [7, 11) is 0. The number of hydrogen-bond acceptors (Lipinski definition) is 7. The average molecular weight is 437 g/mol. The molecule has 0 radical (unpaired) electrons. The van der Waals surface area contributed by atoms with Gasteiger partial charge in [-0.2, -0.15) is 0 Å². The van der Waals surface area contributed by atoms with Crippen LogP contribution in [0.5, 0.6) is 0 Å². The van der Waals surface area contributed by atoms with E-state index in [1.54, 1.807) is 31.2 Å². The smallest absolute Gasteiger partial charge is 0.374 e. The zero-order chi connectivity index (χ0) is 23.0. The van der Waals surface area contributed by atoms with Gasteiger partial charge < -0.3 is 14.5 Å². The van der Waals surface area contributed by atoms with Crippen LogP contribution in [0.2, 0.25) is 0 Å². The van der Waals surface area contributed by atoms with E-state index in [-0.39, 0.29) is 30.2 Å². The largest absolute Gasteiger partial charge is 0.460 e. The Labute approximate surface area is 181 Å². The molecule has 1 fully saturated rings. The quantitative estimate of drug-likeness (QED) is 0.270. The van der Waals surface area contributed by atoms with Crippen molar-refractivity contribution in [2.75, 3.05) is 6.61 Å². The van der Waals surface area contributed by atoms with Crippen LogP contribution in [0.3, 0.4) is 0 Å². The van der Waals surface area contributed by atoms with Gasteiger partial charge in [-0.05, 0) is 25.5 Å². The number of hydrogen-bond donors (Lipinski definition) is 1. The van der Waals surface area contributed by atoms with E-state index in [1.165, 1.54) is 31.2 Å². The van der Waals surface area contributed by atoms with Crippen LogP contribution in [-0.2, 0) is 21.6 Å². The van der Waals surface area contributed by atoms with Gasteiger partial charge in [-0.25, -0.2) is 9.59 Å². The molecular formula is C22H19N3O7. The van der Waals surface area contributed by atoms with Crippen molar-refractivity contribution in [1.82, 2.24) is 10.2 Å². The van der Waals surface area contributed by atoms with Crippen LogP contribution in [0.4, 0.5) is 10.5 Å². The zero-order valence-corrected chi connectivity index (χ0v) is 17.3. The molecule has 1 N–H and O–H groups in total. The van der Waals surface area contributed by atoms with Gasteiger partial charge in [0.25, 0.3) is 11.6 Å². The van der Waals surface area contributed by atoms with Crippen LogP contribution in [0.1, 0.15) is 35.5 Å². The molecule has 1 aliphatic heterocycles. The molecule has 2 aromatic carbocycles. The highest BCUT2D eigenvalue weighted by atomic mass is 16.6. The monoisotopic (exact) mass is 437 g/mol. The number of nitrogens with zero attached hydrogens (tertiary/aromatic N) is 2. The Balaban J connectivity index is 1.73. The number of ether oxygens (including phenoxy) is 1. The number of non-ortho nitro benzene ring substituents is 1. The Morgan fingerprint density at radius 3 is 2.69 bits per heavy atom. The van der Waals surface area contributed by atoms with Crippen LogP contribution in [0.25, 0.3) is 11.0 Å². The second kappa shape index (κ2) is 7.80. The van der Waals surface area contributed by atoms with E-state index < -0.39 is 28.4 Å². The van der Waals surface area contributed by atoms with Gasteiger partial charge >= 0.3 is 12.0 Å². The standard InChI is InChI=1S/C22H19N3O7/c1-3-31-19(26)18-16(15-9-4-5-10-17(15)32-18)12-24-20(27)22(2,23-21(24)28)13-7-6-8-14(11-13)25(29)30/h4-11H,3,12H2,1-2H3,(H,23,28). The Morgan fingerprint density at radius 1 is 1.22 bits per heavy atom. The molecule has 3 aromatic rings. The first-order valence-electron chi connectivity index (χ1n) is 9.82. The fourth-order valence-electron chi connectivity index (χ4n) is 3.74. The first-order valence-corrected chi connectivity index (χ1v) is 9.82. The van der Waals surface area contributed by atoms with Crippen molar-refractivity contribution in [2.45, 2.75) is 25.9 Å². The molecule has 0 aliphatic carbocycles. The van der Waals surface area contributed by atoms with Crippen molar-refractivity contribution in [3.63, 3.8) is 0 Å². The molecule has 0 spiro atoms. The molecule has 0 bridgehead atoms. The number of fused-ring (bicyclic) bond motifs is 1. The Hall–Kier alpha value is -4.21. The van der Waals surface area contributed by atoms with Crippen molar-refractivity contribution in [1.29, 1.82) is 0 Å². The summed E-state index contributed by atoms with van der Waals surface area (Å²) in [6.45, 7) is 3.03. The minimum Gasteiger partial charge on any atom is -0.460 e. The summed E-state index contributed by atoms with van der Waals surface area (Å²) < 4.78 is 10.7. The molecule has 3 amide bonds. The van der Waals surface area contributed by atoms with Crippen LogP contribution in [0, 0.1) is 10.1 Å². The molecule has 10 nitrogen and oxygen atoms in total. The highest BCUT2D eigenvalue weighted by Crippen LogP contribution is 2.34. The Bertz CT molecular complexity index is 1270. The van der Waals surface area contributed by atoms with Crippen molar-refractivity contribution in [3.8, 4) is 0 Å². The third-order valence-electron chi connectivity index (χ3n) is 5.38. The van der Waals surface area contributed by atoms with Gasteiger partial charge in [-0.3, -0.25) is 19.8 Å². The third-order valence-corrected chi connectivity index (χ3v) is 5.38. The fourth-order valence-corrected chi connectivity index (χ4v) is 3.74. The number of nitro groups is 1. The lowest BCUT2D eigenvalue weighted by molar-refractivity contribution is -0.385. The summed E-state index contributed by atoms with van der Waals surface area (Å²) in [5.41, 5.74) is -0.679. The lowest BCUT2D eigenvalue weighted by Crippen LogP contribution is -2.40. The van der Waals surface area contributed by atoms with Crippen LogP contribution in [0.15, 0.2) is 52.9 Å². The van der Waals surface area contributed by atoms with Crippen molar-refractivity contribution < 1.29 is 28.5 Å². The number of carbonyl (C=O) groups excluding carboxylic acids is 3. The highest BCUT2D eigenvalue weighted by molar-refractivity contribution is 6.08. The van der Waals surface area contributed by atoms with Gasteiger partial charge in [0.15, 0.2) is 0 Å². The van der Waals surface area contributed by atoms with Crippen LogP contribution >= 0.6 is 0 Å². The van der Waals surface area contributed by atoms with Crippen molar-refractivity contribution in [2.24, 2.45) is 0 Å². The normalized spacial score (nSPS) is 18.1. The maximum absolute atomic E-state index is 13.3. The predicted molar refractivity (Wildman–Crippen MR) is 112 cm³/mol. The van der Waals surface area contributed by atoms with E-state index in [0.717, 1.165) is 4.90 Å². The van der Waals surface area contributed by atoms with Gasteiger partial charge in [0.2, 0.25) is 5.76 Å². The predicted octanol–water partition coefficient (Wildman–Crippen LogP) is 3.48. The van der Waals surface area contributed by atoms with Gasteiger partial charge in [0, 0.05) is 23.1 Å². The number of urea groups is 1. The summed E-state index contributed by atoms with van der Waals surface area (Å²) in [5.74, 6) is -1.40. The van der Waals surface area contributed by atoms with Gasteiger partial charge in [0.1, 0.15) is 11.1 Å². The van der Waals surface area contributed by atoms with E-state index in [9.17, 15) is 24.5 Å². The summed E-state index contributed by atoms with van der Waals surface area (Å²) in [6.07, 6.45) is 0. The lowest BCUT2D eigenvalue weighted by atomic mass is 9.91. The van der Waals surface area contributed by atoms with E-state index in [2.05, 4.69) is 5.32 Å². The average Bonchev–Trinajstić information content (AvgIpc) is 3.25. The molecule has 1 atom stereocenters. The van der Waals surface area contributed by atoms with E-state index in [4.69, 9.17) is 9.15 Å². The summed E-state index contributed by atoms with van der Waals surface area (Å²) in [5, 5.41) is 14.3. The number of amides is 3. The highest BCUT2D eigenvalue weighted by Gasteiger charge is 2.49. The van der Waals surface area contributed by atoms with Crippen molar-refractivity contribution >= 4 is 34.6 Å². The SMILES string of the molecule is CCOC(=O)c1oc2ccccc2c1CN1C(=O)NC(C)(c2cccc([N+](=O)[O-])c2)C1=O. The Morgan fingerprint density at radius 2 is 1.97 bits per heavy atom. The number of carbonyl (C=O) groups is 3. The third kappa shape index (κ3) is 3.35. The zero-order valence-electron chi connectivity index (χ0n) is 17.3. The first kappa shape index (κ1) is 21.0. The molecular weight excluding hydrogens is 418 g/mol. The number of para-hydroxylation sites is 1. The maximum Gasteiger partial charge on any atom is 0.374 e. The lowest BCUT2D eigenvalue weighted by Gasteiger charge is -2.22. The van der Waals surface area contributed by atoms with Gasteiger partial charge in [0.05, 0.1) is 18.1 Å². The summed E-state index contributed by atoms with van der Waals surface area (Å²) >= 11 is 0. The van der Waals surface area contributed by atoms with E-state index in [0.29, 0.717) is 16.5 Å². The molecule has 1 unspecified atom stereocenters. The van der Waals surface area contributed by atoms with Crippen molar-refractivity contribution in [3.05, 3.63) is 75.5 Å². The Kier molecular flexibility index (Phi) is 5.13. The van der Waals surface area contributed by atoms with Crippen LogP contribution < -0.4 is 5.32 Å². The minimum atomic E-state index is -1.51. The number of nitrogens with one attached hydrogen (secondary N) is 1. The molecule has 1 saturated heterocycles. The molecule has 1 aromatic heterocycles. The first-order chi connectivity index (χ1) is 15.3. The molecule has 10 heteroatoms. The van der Waals surface area contributed by atoms with Gasteiger partial charge in [-0.1, -0.05) is 30.3 Å². The molecule has 0 saturated carbocycles. The number of rotatable bonds is 6. The maximum atomic E-state index is 13.3. The molecule has 2 heterocycles. The molecule has 1 aliphatic rings. The van der Waals surface area contributed by atoms with E-state index >= 15 is 0 Å². The number of furan rings is 1. The topological polar surface area (TPSA) is 132 Å².